The van der Waals surface area contributed by atoms with E-state index in [2.05, 4.69) is 5.32 Å². The number of rotatable bonds is 5. The van der Waals surface area contributed by atoms with Crippen LogP contribution in [0.2, 0.25) is 0 Å². The van der Waals surface area contributed by atoms with Crippen LogP contribution in [0.5, 0.6) is 0 Å². The smallest absolute Gasteiger partial charge is 0.331 e. The largest absolute Gasteiger partial charge is 0.449 e. The van der Waals surface area contributed by atoms with Gasteiger partial charge in [0.1, 0.15) is 0 Å². The molecule has 0 unspecified atom stereocenters. The Hall–Kier alpha value is -1.67. The number of ether oxygens (including phenoxy) is 1. The lowest BCUT2D eigenvalue weighted by molar-refractivity contribution is -0.150. The molecule has 1 fully saturated rings. The molecule has 120 valence electrons. The van der Waals surface area contributed by atoms with Gasteiger partial charge in [-0.05, 0) is 30.9 Å². The second kappa shape index (κ2) is 7.06. The quantitative estimate of drug-likeness (QED) is 0.636. The van der Waals surface area contributed by atoms with E-state index in [0.29, 0.717) is 6.42 Å². The molecule has 0 radical (unpaired) electrons. The number of carbonyl (C=O) groups excluding carboxylic acids is 2. The zero-order valence-electron chi connectivity index (χ0n) is 12.0. The highest BCUT2D eigenvalue weighted by atomic mass is 32.2. The van der Waals surface area contributed by atoms with Gasteiger partial charge in [0.15, 0.2) is 15.9 Å². The van der Waals surface area contributed by atoms with Crippen LogP contribution in [-0.4, -0.2) is 43.9 Å². The third-order valence-corrected chi connectivity index (χ3v) is 5.77. The van der Waals surface area contributed by atoms with E-state index in [4.69, 9.17) is 4.74 Å². The minimum atomic E-state index is -3.06. The molecule has 2 rings (SSSR count). The summed E-state index contributed by atoms with van der Waals surface area (Å²) < 4.78 is 27.6. The summed E-state index contributed by atoms with van der Waals surface area (Å²) in [4.78, 5) is 24.4. The van der Waals surface area contributed by atoms with E-state index in [-0.39, 0.29) is 11.5 Å². The van der Waals surface area contributed by atoms with Crippen molar-refractivity contribution in [2.75, 3.05) is 11.5 Å². The lowest BCUT2D eigenvalue weighted by atomic mass is 10.2. The molecule has 1 aliphatic rings. The Labute approximate surface area is 133 Å². The molecule has 6 nitrogen and oxygen atoms in total. The van der Waals surface area contributed by atoms with Crippen molar-refractivity contribution in [3.8, 4) is 0 Å². The van der Waals surface area contributed by atoms with Crippen molar-refractivity contribution in [3.63, 3.8) is 0 Å². The van der Waals surface area contributed by atoms with Gasteiger partial charge in [-0.3, -0.25) is 4.79 Å². The molecule has 1 aliphatic heterocycles. The molecule has 22 heavy (non-hydrogen) atoms. The van der Waals surface area contributed by atoms with Gasteiger partial charge in [0.2, 0.25) is 0 Å². The predicted molar refractivity (Wildman–Crippen MR) is 84.1 cm³/mol. The number of carbonyl (C=O) groups is 2. The van der Waals surface area contributed by atoms with Gasteiger partial charge in [-0.25, -0.2) is 13.2 Å². The van der Waals surface area contributed by atoms with Crippen LogP contribution in [0.25, 0.3) is 6.08 Å². The van der Waals surface area contributed by atoms with Crippen molar-refractivity contribution in [2.45, 2.75) is 25.5 Å². The number of sulfone groups is 1. The first-order valence-corrected chi connectivity index (χ1v) is 9.49. The summed E-state index contributed by atoms with van der Waals surface area (Å²) in [5, 5.41) is 4.48. The van der Waals surface area contributed by atoms with E-state index in [9.17, 15) is 18.0 Å². The summed E-state index contributed by atoms with van der Waals surface area (Å²) in [6, 6.07) is 3.31. The number of hydrogen-bond donors (Lipinski definition) is 1. The summed E-state index contributed by atoms with van der Waals surface area (Å²) in [5.74, 6) is -1.08. The van der Waals surface area contributed by atoms with Crippen LogP contribution in [0.3, 0.4) is 0 Å². The number of hydrogen-bond acceptors (Lipinski definition) is 6. The third-order valence-electron chi connectivity index (χ3n) is 3.17. The summed E-state index contributed by atoms with van der Waals surface area (Å²) in [6.45, 7) is 1.45. The molecule has 1 saturated heterocycles. The SMILES string of the molecule is C[C@@H](OC(=O)/C=C/c1cccs1)C(=O)N[C@H]1CCS(=O)(=O)C1. The van der Waals surface area contributed by atoms with Crippen LogP contribution < -0.4 is 5.32 Å². The van der Waals surface area contributed by atoms with E-state index in [0.717, 1.165) is 4.88 Å². The number of amides is 1. The molecule has 2 atom stereocenters. The van der Waals surface area contributed by atoms with Crippen molar-refractivity contribution in [2.24, 2.45) is 0 Å². The average Bonchev–Trinajstić information content (AvgIpc) is 3.06. The van der Waals surface area contributed by atoms with Crippen LogP contribution >= 0.6 is 11.3 Å². The first-order chi connectivity index (χ1) is 10.4. The zero-order valence-corrected chi connectivity index (χ0v) is 13.7. The van der Waals surface area contributed by atoms with E-state index in [1.165, 1.54) is 24.3 Å². The maximum absolute atomic E-state index is 11.9. The standard InChI is InChI=1S/C14H17NO5S2/c1-10(14(17)15-11-6-8-22(18,19)9-11)20-13(16)5-4-12-3-2-7-21-12/h2-5,7,10-11H,6,8-9H2,1H3,(H,15,17)/b5-4+/t10-,11+/m1/s1. The van der Waals surface area contributed by atoms with Crippen molar-refractivity contribution in [1.29, 1.82) is 0 Å². The van der Waals surface area contributed by atoms with Crippen molar-refractivity contribution < 1.29 is 22.7 Å². The minimum absolute atomic E-state index is 0.0579. The number of nitrogens with one attached hydrogen (secondary N) is 1. The number of esters is 1. The molecule has 1 aromatic heterocycles. The van der Waals surface area contributed by atoms with Crippen LogP contribution in [0.4, 0.5) is 0 Å². The van der Waals surface area contributed by atoms with E-state index < -0.39 is 33.9 Å². The Kier molecular flexibility index (Phi) is 5.36. The maximum atomic E-state index is 11.9. The maximum Gasteiger partial charge on any atom is 0.331 e. The number of thiophene rings is 1. The Bertz CT molecular complexity index is 663. The highest BCUT2D eigenvalue weighted by molar-refractivity contribution is 7.91. The summed E-state index contributed by atoms with van der Waals surface area (Å²) >= 11 is 1.48. The van der Waals surface area contributed by atoms with Gasteiger partial charge >= 0.3 is 5.97 Å². The van der Waals surface area contributed by atoms with Gasteiger partial charge in [-0.15, -0.1) is 11.3 Å². The lowest BCUT2D eigenvalue weighted by Gasteiger charge is -2.15. The Balaban J connectivity index is 1.80. The molecule has 8 heteroatoms. The highest BCUT2D eigenvalue weighted by Crippen LogP contribution is 2.12. The highest BCUT2D eigenvalue weighted by Gasteiger charge is 2.30. The molecular weight excluding hydrogens is 326 g/mol. The molecule has 0 spiro atoms. The zero-order chi connectivity index (χ0) is 16.2. The summed E-state index contributed by atoms with van der Waals surface area (Å²) in [6.07, 6.45) is 2.30. The molecular formula is C14H17NO5S2. The molecule has 2 heterocycles. The van der Waals surface area contributed by atoms with Crippen LogP contribution in [0.1, 0.15) is 18.2 Å². The fraction of sp³-hybridized carbons (Fsp3) is 0.429. The van der Waals surface area contributed by atoms with Gasteiger partial charge in [-0.2, -0.15) is 0 Å². The second-order valence-corrected chi connectivity index (χ2v) is 8.24. The molecule has 1 amide bonds. The van der Waals surface area contributed by atoms with Crippen LogP contribution in [-0.2, 0) is 24.2 Å². The first kappa shape index (κ1) is 16.7. The Morgan fingerprint density at radius 3 is 2.86 bits per heavy atom. The van der Waals surface area contributed by atoms with Crippen molar-refractivity contribution in [1.82, 2.24) is 5.32 Å². The van der Waals surface area contributed by atoms with Gasteiger partial charge in [0, 0.05) is 17.0 Å². The molecule has 0 bridgehead atoms. The average molecular weight is 343 g/mol. The second-order valence-electron chi connectivity index (χ2n) is 5.04. The summed E-state index contributed by atoms with van der Waals surface area (Å²) in [7, 11) is -3.06. The Morgan fingerprint density at radius 2 is 2.27 bits per heavy atom. The fourth-order valence-electron chi connectivity index (χ4n) is 2.03. The van der Waals surface area contributed by atoms with E-state index >= 15 is 0 Å². The van der Waals surface area contributed by atoms with Crippen LogP contribution in [0.15, 0.2) is 23.6 Å². The van der Waals surface area contributed by atoms with Gasteiger partial charge in [0.05, 0.1) is 11.5 Å². The monoisotopic (exact) mass is 343 g/mol. The van der Waals surface area contributed by atoms with E-state index in [1.54, 1.807) is 6.08 Å². The summed E-state index contributed by atoms with van der Waals surface area (Å²) in [5.41, 5.74) is 0. The molecule has 0 aromatic carbocycles. The molecule has 1 aromatic rings. The van der Waals surface area contributed by atoms with Crippen molar-refractivity contribution >= 4 is 39.1 Å². The van der Waals surface area contributed by atoms with Crippen LogP contribution in [0, 0.1) is 0 Å². The van der Waals surface area contributed by atoms with Gasteiger partial charge in [0.25, 0.3) is 5.91 Å². The predicted octanol–water partition coefficient (Wildman–Crippen LogP) is 0.996. The topological polar surface area (TPSA) is 89.5 Å². The van der Waals surface area contributed by atoms with Gasteiger partial charge < -0.3 is 10.1 Å². The molecule has 0 saturated carbocycles. The van der Waals surface area contributed by atoms with E-state index in [1.807, 2.05) is 17.5 Å². The fourth-order valence-corrected chi connectivity index (χ4v) is 4.32. The molecule has 0 aliphatic carbocycles. The Morgan fingerprint density at radius 1 is 1.50 bits per heavy atom. The normalized spacial score (nSPS) is 21.6. The minimum Gasteiger partial charge on any atom is -0.449 e. The van der Waals surface area contributed by atoms with Gasteiger partial charge in [-0.1, -0.05) is 6.07 Å². The first-order valence-electron chi connectivity index (χ1n) is 6.79. The van der Waals surface area contributed by atoms with Crippen molar-refractivity contribution in [3.05, 3.63) is 28.5 Å². The molecule has 1 N–H and O–H groups in total. The lowest BCUT2D eigenvalue weighted by Crippen LogP contribution is -2.42. The third kappa shape index (κ3) is 4.96.